The maximum atomic E-state index is 10.6. The van der Waals surface area contributed by atoms with Gasteiger partial charge in [-0.15, -0.1) is 0 Å². The van der Waals surface area contributed by atoms with Gasteiger partial charge in [0.1, 0.15) is 6.10 Å². The summed E-state index contributed by atoms with van der Waals surface area (Å²) in [6, 6.07) is 2.01. The van der Waals surface area contributed by atoms with E-state index in [0.29, 0.717) is 17.3 Å². The number of aromatic nitrogens is 4. The van der Waals surface area contributed by atoms with Crippen LogP contribution in [0.4, 0.5) is 0 Å². The Labute approximate surface area is 117 Å². The summed E-state index contributed by atoms with van der Waals surface area (Å²) < 4.78 is 3.53. The highest BCUT2D eigenvalue weighted by Gasteiger charge is 2.24. The van der Waals surface area contributed by atoms with E-state index in [1.165, 1.54) is 0 Å². The van der Waals surface area contributed by atoms with Crippen LogP contribution in [0.5, 0.6) is 0 Å². The molecule has 19 heavy (non-hydrogen) atoms. The molecule has 0 aromatic carbocycles. The fraction of sp³-hybridized carbons (Fsp3) is 0.538. The normalized spacial score (nSPS) is 13.2. The molecule has 0 aliphatic rings. The van der Waals surface area contributed by atoms with Gasteiger partial charge in [-0.25, -0.2) is 0 Å². The highest BCUT2D eigenvalue weighted by molar-refractivity contribution is 6.31. The highest BCUT2D eigenvalue weighted by atomic mass is 35.5. The van der Waals surface area contributed by atoms with Crippen molar-refractivity contribution in [3.05, 3.63) is 34.4 Å². The van der Waals surface area contributed by atoms with Crippen molar-refractivity contribution in [3.63, 3.8) is 0 Å². The third-order valence-corrected chi connectivity index (χ3v) is 3.34. The van der Waals surface area contributed by atoms with Crippen LogP contribution in [0.2, 0.25) is 5.02 Å². The number of aliphatic hydroxyl groups excluding tert-OH is 1. The van der Waals surface area contributed by atoms with E-state index in [-0.39, 0.29) is 6.04 Å². The van der Waals surface area contributed by atoms with Gasteiger partial charge in [0.05, 0.1) is 28.3 Å². The van der Waals surface area contributed by atoms with E-state index >= 15 is 0 Å². The first-order chi connectivity index (χ1) is 8.95. The zero-order valence-corrected chi connectivity index (χ0v) is 12.4. The maximum absolute atomic E-state index is 10.6. The molecule has 0 amide bonds. The van der Waals surface area contributed by atoms with Gasteiger partial charge in [0.25, 0.3) is 0 Å². The Kier molecular flexibility index (Phi) is 3.96. The molecule has 2 aromatic rings. The lowest BCUT2D eigenvalue weighted by Crippen LogP contribution is -2.15. The monoisotopic (exact) mass is 282 g/mol. The molecule has 1 N–H and O–H groups in total. The Morgan fingerprint density at radius 3 is 2.68 bits per heavy atom. The second kappa shape index (κ2) is 5.35. The van der Waals surface area contributed by atoms with Crippen molar-refractivity contribution in [2.45, 2.75) is 46.4 Å². The van der Waals surface area contributed by atoms with Gasteiger partial charge in [0.15, 0.2) is 0 Å². The predicted molar refractivity (Wildman–Crippen MR) is 74.3 cm³/mol. The van der Waals surface area contributed by atoms with E-state index in [9.17, 15) is 5.11 Å². The molecule has 6 heteroatoms. The number of aryl methyl sites for hydroxylation is 2. The van der Waals surface area contributed by atoms with Crippen molar-refractivity contribution in [2.24, 2.45) is 0 Å². The molecule has 2 rings (SSSR count). The Balaban J connectivity index is 2.49. The lowest BCUT2D eigenvalue weighted by Gasteiger charge is -2.17. The molecule has 0 saturated carbocycles. The van der Waals surface area contributed by atoms with E-state index in [4.69, 9.17) is 11.6 Å². The fourth-order valence-corrected chi connectivity index (χ4v) is 2.43. The van der Waals surface area contributed by atoms with Gasteiger partial charge in [-0.3, -0.25) is 9.36 Å². The van der Waals surface area contributed by atoms with Crippen LogP contribution >= 0.6 is 11.6 Å². The lowest BCUT2D eigenvalue weighted by atomic mass is 10.1. The zero-order valence-electron chi connectivity index (χ0n) is 11.6. The molecule has 2 aromatic heterocycles. The first kappa shape index (κ1) is 14.1. The second-order valence-electron chi connectivity index (χ2n) is 4.84. The minimum atomic E-state index is -0.821. The second-order valence-corrected chi connectivity index (χ2v) is 5.25. The third-order valence-electron chi connectivity index (χ3n) is 3.05. The van der Waals surface area contributed by atoms with Crippen molar-refractivity contribution >= 4 is 11.6 Å². The van der Waals surface area contributed by atoms with Crippen LogP contribution < -0.4 is 0 Å². The average molecular weight is 283 g/mol. The third kappa shape index (κ3) is 2.53. The van der Waals surface area contributed by atoms with Crippen LogP contribution in [0.3, 0.4) is 0 Å². The molecular weight excluding hydrogens is 264 g/mol. The lowest BCUT2D eigenvalue weighted by molar-refractivity contribution is 0.193. The largest absolute Gasteiger partial charge is 0.380 e. The summed E-state index contributed by atoms with van der Waals surface area (Å²) in [7, 11) is 0. The molecule has 2 heterocycles. The summed E-state index contributed by atoms with van der Waals surface area (Å²) >= 11 is 6.16. The predicted octanol–water partition coefficient (Wildman–Crippen LogP) is 2.72. The number of aliphatic hydroxyl groups is 1. The van der Waals surface area contributed by atoms with Crippen LogP contribution in [0, 0.1) is 6.92 Å². The maximum Gasteiger partial charge on any atom is 0.139 e. The quantitative estimate of drug-likeness (QED) is 0.938. The molecule has 5 nitrogen and oxygen atoms in total. The smallest absolute Gasteiger partial charge is 0.139 e. The molecule has 104 valence electrons. The van der Waals surface area contributed by atoms with Gasteiger partial charge in [-0.2, -0.15) is 10.2 Å². The molecule has 1 unspecified atom stereocenters. The number of rotatable bonds is 4. The van der Waals surface area contributed by atoms with Crippen molar-refractivity contribution < 1.29 is 5.11 Å². The topological polar surface area (TPSA) is 55.9 Å². The molecule has 0 radical (unpaired) electrons. The van der Waals surface area contributed by atoms with Crippen molar-refractivity contribution in [1.29, 1.82) is 0 Å². The van der Waals surface area contributed by atoms with Crippen molar-refractivity contribution in [3.8, 4) is 0 Å². The molecule has 0 spiro atoms. The minimum Gasteiger partial charge on any atom is -0.380 e. The molecular formula is C13H19ClN4O. The van der Waals surface area contributed by atoms with Crippen LogP contribution in [-0.2, 0) is 6.54 Å². The summed E-state index contributed by atoms with van der Waals surface area (Å²) in [6.07, 6.45) is 0.748. The van der Waals surface area contributed by atoms with E-state index in [2.05, 4.69) is 10.2 Å². The van der Waals surface area contributed by atoms with Crippen LogP contribution in [0.15, 0.2) is 12.3 Å². The van der Waals surface area contributed by atoms with Crippen LogP contribution in [0.1, 0.15) is 50.0 Å². The summed E-state index contributed by atoms with van der Waals surface area (Å²) in [5.74, 6) is 0. The molecule has 1 atom stereocenters. The van der Waals surface area contributed by atoms with Gasteiger partial charge in [-0.1, -0.05) is 11.6 Å². The van der Waals surface area contributed by atoms with E-state index in [1.807, 2.05) is 33.8 Å². The molecule has 0 aliphatic heterocycles. The minimum absolute atomic E-state index is 0.135. The standard InChI is InChI=1S/C13H19ClN4O/c1-5-17-11(6-9(4)16-17)13(19)12-10(14)7-15-18(12)8(2)3/h6-8,13,19H,5H2,1-4H3. The number of nitrogens with zero attached hydrogens (tertiary/aromatic N) is 4. The zero-order chi connectivity index (χ0) is 14.2. The van der Waals surface area contributed by atoms with Gasteiger partial charge in [0.2, 0.25) is 0 Å². The number of halogens is 1. The Morgan fingerprint density at radius 2 is 2.11 bits per heavy atom. The molecule has 0 bridgehead atoms. The fourth-order valence-electron chi connectivity index (χ4n) is 2.20. The summed E-state index contributed by atoms with van der Waals surface area (Å²) in [6.45, 7) is 8.60. The highest BCUT2D eigenvalue weighted by Crippen LogP contribution is 2.30. The van der Waals surface area contributed by atoms with Crippen molar-refractivity contribution in [1.82, 2.24) is 19.6 Å². The number of hydrogen-bond donors (Lipinski definition) is 1. The Hall–Kier alpha value is -1.33. The van der Waals surface area contributed by atoms with Gasteiger partial charge < -0.3 is 5.11 Å². The van der Waals surface area contributed by atoms with Crippen LogP contribution in [-0.4, -0.2) is 24.7 Å². The average Bonchev–Trinajstić information content (AvgIpc) is 2.91. The van der Waals surface area contributed by atoms with Gasteiger partial charge in [0, 0.05) is 12.6 Å². The number of hydrogen-bond acceptors (Lipinski definition) is 3. The van der Waals surface area contributed by atoms with E-state index < -0.39 is 6.10 Å². The first-order valence-electron chi connectivity index (χ1n) is 6.41. The van der Waals surface area contributed by atoms with Gasteiger partial charge >= 0.3 is 0 Å². The summed E-state index contributed by atoms with van der Waals surface area (Å²) in [5.41, 5.74) is 2.23. The summed E-state index contributed by atoms with van der Waals surface area (Å²) in [4.78, 5) is 0. The van der Waals surface area contributed by atoms with Crippen LogP contribution in [0.25, 0.3) is 0 Å². The molecule has 0 fully saturated rings. The van der Waals surface area contributed by atoms with E-state index in [1.54, 1.807) is 15.6 Å². The molecule has 0 aliphatic carbocycles. The van der Waals surface area contributed by atoms with Crippen molar-refractivity contribution in [2.75, 3.05) is 0 Å². The summed E-state index contributed by atoms with van der Waals surface area (Å²) in [5, 5.41) is 19.7. The SMILES string of the molecule is CCn1nc(C)cc1C(O)c1c(Cl)cnn1C(C)C. The first-order valence-corrected chi connectivity index (χ1v) is 6.78. The Morgan fingerprint density at radius 1 is 1.42 bits per heavy atom. The van der Waals surface area contributed by atoms with E-state index in [0.717, 1.165) is 11.4 Å². The Bertz CT molecular complexity index is 573. The molecule has 0 saturated heterocycles. The van der Waals surface area contributed by atoms with Gasteiger partial charge in [-0.05, 0) is 33.8 Å².